The second kappa shape index (κ2) is 5.21. The molecule has 0 bridgehead atoms. The summed E-state index contributed by atoms with van der Waals surface area (Å²) in [6.45, 7) is 5.15. The Balaban J connectivity index is 2.18. The van der Waals surface area contributed by atoms with Crippen molar-refractivity contribution in [2.45, 2.75) is 26.9 Å². The van der Waals surface area contributed by atoms with E-state index in [1.807, 2.05) is 19.9 Å². The maximum absolute atomic E-state index is 11.9. The van der Waals surface area contributed by atoms with Crippen molar-refractivity contribution in [3.05, 3.63) is 40.3 Å². The summed E-state index contributed by atoms with van der Waals surface area (Å²) < 4.78 is 4.82. The molecule has 0 atom stereocenters. The number of rotatable bonds is 2. The number of nitrogens with zero attached hydrogens (tertiary/aromatic N) is 3. The van der Waals surface area contributed by atoms with Gasteiger partial charge in [0.15, 0.2) is 11.5 Å². The zero-order valence-electron chi connectivity index (χ0n) is 12.2. The molecule has 6 heteroatoms. The molecular weight excluding hydrogens is 268 g/mol. The van der Waals surface area contributed by atoms with Gasteiger partial charge in [-0.2, -0.15) is 0 Å². The Hall–Kier alpha value is -2.34. The highest BCUT2D eigenvalue weighted by Crippen LogP contribution is 2.24. The average molecular weight is 284 g/mol. The van der Waals surface area contributed by atoms with Gasteiger partial charge >= 0.3 is 5.97 Å². The standard InChI is InChI=1S/C15H16N4O2/c1-8-4-9(2)12(17-5-8)14-18-11-7-16-6-10(11)13(19-14)15(20)21-3/h4-5,16H,6-7H2,1-3H3. The molecule has 0 radical (unpaired) electrons. The van der Waals surface area contributed by atoms with Crippen LogP contribution in [-0.2, 0) is 17.8 Å². The van der Waals surface area contributed by atoms with E-state index in [9.17, 15) is 4.79 Å². The largest absolute Gasteiger partial charge is 0.464 e. The van der Waals surface area contributed by atoms with Gasteiger partial charge in [0, 0.05) is 24.8 Å². The number of hydrogen-bond acceptors (Lipinski definition) is 6. The van der Waals surface area contributed by atoms with Crippen LogP contribution in [0.25, 0.3) is 11.5 Å². The number of aryl methyl sites for hydroxylation is 2. The van der Waals surface area contributed by atoms with Crippen molar-refractivity contribution in [3.63, 3.8) is 0 Å². The Morgan fingerprint density at radius 2 is 2.10 bits per heavy atom. The van der Waals surface area contributed by atoms with Crippen LogP contribution in [-0.4, -0.2) is 28.0 Å². The number of carbonyl (C=O) groups excluding carboxylic acids is 1. The quantitative estimate of drug-likeness (QED) is 0.843. The molecule has 1 N–H and O–H groups in total. The molecular formula is C15H16N4O2. The van der Waals surface area contributed by atoms with Crippen LogP contribution in [0.5, 0.6) is 0 Å². The monoisotopic (exact) mass is 284 g/mol. The van der Waals surface area contributed by atoms with Crippen molar-refractivity contribution in [1.82, 2.24) is 20.3 Å². The Bertz CT molecular complexity index is 728. The van der Waals surface area contributed by atoms with Crippen molar-refractivity contribution in [1.29, 1.82) is 0 Å². The van der Waals surface area contributed by atoms with Gasteiger partial charge in [-0.25, -0.2) is 14.8 Å². The third-order valence-electron chi connectivity index (χ3n) is 3.49. The lowest BCUT2D eigenvalue weighted by Gasteiger charge is -2.09. The maximum atomic E-state index is 11.9. The number of carbonyl (C=O) groups is 1. The number of esters is 1. The lowest BCUT2D eigenvalue weighted by molar-refractivity contribution is 0.0592. The van der Waals surface area contributed by atoms with Crippen molar-refractivity contribution in [3.8, 4) is 11.5 Å². The van der Waals surface area contributed by atoms with Crippen LogP contribution in [0.15, 0.2) is 12.3 Å². The lowest BCUT2D eigenvalue weighted by atomic mass is 10.1. The number of pyridine rings is 1. The molecule has 3 rings (SSSR count). The van der Waals surface area contributed by atoms with E-state index in [-0.39, 0.29) is 0 Å². The van der Waals surface area contributed by atoms with Crippen LogP contribution in [0.1, 0.15) is 32.9 Å². The number of methoxy groups -OCH3 is 1. The van der Waals surface area contributed by atoms with Crippen LogP contribution in [0.4, 0.5) is 0 Å². The third-order valence-corrected chi connectivity index (χ3v) is 3.49. The van der Waals surface area contributed by atoms with Gasteiger partial charge in [0.2, 0.25) is 0 Å². The minimum absolute atomic E-state index is 0.323. The molecule has 0 amide bonds. The lowest BCUT2D eigenvalue weighted by Crippen LogP contribution is -2.12. The first-order chi connectivity index (χ1) is 10.1. The summed E-state index contributed by atoms with van der Waals surface area (Å²) in [6.07, 6.45) is 1.77. The molecule has 2 aromatic heterocycles. The first-order valence-corrected chi connectivity index (χ1v) is 6.72. The Morgan fingerprint density at radius 3 is 2.81 bits per heavy atom. The fraction of sp³-hybridized carbons (Fsp3) is 0.333. The van der Waals surface area contributed by atoms with Crippen molar-refractivity contribution in [2.24, 2.45) is 0 Å². The summed E-state index contributed by atoms with van der Waals surface area (Å²) in [5, 5.41) is 3.18. The summed E-state index contributed by atoms with van der Waals surface area (Å²) >= 11 is 0. The zero-order valence-corrected chi connectivity index (χ0v) is 12.2. The Morgan fingerprint density at radius 1 is 1.29 bits per heavy atom. The van der Waals surface area contributed by atoms with Gasteiger partial charge in [0.25, 0.3) is 0 Å². The summed E-state index contributed by atoms with van der Waals surface area (Å²) in [7, 11) is 1.36. The van der Waals surface area contributed by atoms with E-state index in [0.29, 0.717) is 30.3 Å². The van der Waals surface area contributed by atoms with E-state index in [4.69, 9.17) is 4.74 Å². The highest BCUT2D eigenvalue weighted by Gasteiger charge is 2.24. The van der Waals surface area contributed by atoms with Crippen LogP contribution >= 0.6 is 0 Å². The smallest absolute Gasteiger partial charge is 0.357 e. The molecule has 0 saturated carbocycles. The first-order valence-electron chi connectivity index (χ1n) is 6.72. The highest BCUT2D eigenvalue weighted by molar-refractivity contribution is 5.89. The van der Waals surface area contributed by atoms with E-state index in [1.165, 1.54) is 7.11 Å². The average Bonchev–Trinajstić information content (AvgIpc) is 2.93. The molecule has 0 aliphatic carbocycles. The van der Waals surface area contributed by atoms with E-state index in [0.717, 1.165) is 22.4 Å². The SMILES string of the molecule is COC(=O)c1nc(-c2ncc(C)cc2C)nc2c1CNC2. The molecule has 2 aromatic rings. The van der Waals surface area contributed by atoms with E-state index >= 15 is 0 Å². The summed E-state index contributed by atoms with van der Waals surface area (Å²) in [4.78, 5) is 25.3. The molecule has 0 unspecified atom stereocenters. The minimum atomic E-state index is -0.441. The fourth-order valence-corrected chi connectivity index (χ4v) is 2.49. The molecule has 108 valence electrons. The summed E-state index contributed by atoms with van der Waals surface area (Å²) in [5.41, 5.74) is 4.73. The molecule has 1 aliphatic rings. The number of fused-ring (bicyclic) bond motifs is 1. The second-order valence-electron chi connectivity index (χ2n) is 5.09. The van der Waals surface area contributed by atoms with Gasteiger partial charge in [-0.3, -0.25) is 4.98 Å². The van der Waals surface area contributed by atoms with E-state index in [1.54, 1.807) is 6.20 Å². The molecule has 3 heterocycles. The third kappa shape index (κ3) is 2.38. The molecule has 21 heavy (non-hydrogen) atoms. The molecule has 0 fully saturated rings. The topological polar surface area (TPSA) is 77.0 Å². The van der Waals surface area contributed by atoms with Crippen molar-refractivity contribution >= 4 is 5.97 Å². The first kappa shape index (κ1) is 13.6. The van der Waals surface area contributed by atoms with Crippen LogP contribution < -0.4 is 5.32 Å². The second-order valence-corrected chi connectivity index (χ2v) is 5.09. The molecule has 0 saturated heterocycles. The fourth-order valence-electron chi connectivity index (χ4n) is 2.49. The predicted molar refractivity (Wildman–Crippen MR) is 76.6 cm³/mol. The van der Waals surface area contributed by atoms with Gasteiger partial charge in [0.05, 0.1) is 12.8 Å². The minimum Gasteiger partial charge on any atom is -0.464 e. The Labute approximate surface area is 122 Å². The normalized spacial score (nSPS) is 13.1. The summed E-state index contributed by atoms with van der Waals surface area (Å²) in [5.74, 6) is 0.0266. The van der Waals surface area contributed by atoms with Crippen LogP contribution in [0, 0.1) is 13.8 Å². The summed E-state index contributed by atoms with van der Waals surface area (Å²) in [6, 6.07) is 2.02. The van der Waals surface area contributed by atoms with E-state index < -0.39 is 5.97 Å². The van der Waals surface area contributed by atoms with Gasteiger partial charge < -0.3 is 10.1 Å². The molecule has 0 aromatic carbocycles. The van der Waals surface area contributed by atoms with E-state index in [2.05, 4.69) is 20.3 Å². The van der Waals surface area contributed by atoms with Crippen LogP contribution in [0.3, 0.4) is 0 Å². The van der Waals surface area contributed by atoms with Gasteiger partial charge in [-0.15, -0.1) is 0 Å². The van der Waals surface area contributed by atoms with Crippen LogP contribution in [0.2, 0.25) is 0 Å². The zero-order chi connectivity index (χ0) is 15.0. The van der Waals surface area contributed by atoms with Crippen molar-refractivity contribution < 1.29 is 9.53 Å². The highest BCUT2D eigenvalue weighted by atomic mass is 16.5. The number of ether oxygens (including phenoxy) is 1. The van der Waals surface area contributed by atoms with Gasteiger partial charge in [0.1, 0.15) is 5.69 Å². The maximum Gasteiger partial charge on any atom is 0.357 e. The molecule has 6 nitrogen and oxygen atoms in total. The number of hydrogen-bond donors (Lipinski definition) is 1. The van der Waals surface area contributed by atoms with Gasteiger partial charge in [-0.05, 0) is 25.0 Å². The van der Waals surface area contributed by atoms with Crippen molar-refractivity contribution in [2.75, 3.05) is 7.11 Å². The number of nitrogens with one attached hydrogen (secondary N) is 1. The molecule has 0 spiro atoms. The molecule has 1 aliphatic heterocycles. The number of aromatic nitrogens is 3. The Kier molecular flexibility index (Phi) is 3.39. The van der Waals surface area contributed by atoms with Gasteiger partial charge in [-0.1, -0.05) is 6.07 Å². The predicted octanol–water partition coefficient (Wildman–Crippen LogP) is 1.55.